The van der Waals surface area contributed by atoms with E-state index in [9.17, 15) is 5.11 Å². The molecule has 0 fully saturated rings. The molecule has 6 heteroatoms. The van der Waals surface area contributed by atoms with Crippen LogP contribution in [0.15, 0.2) is 60.9 Å². The maximum atomic E-state index is 10.1. The van der Waals surface area contributed by atoms with E-state index in [1.165, 1.54) is 6.33 Å². The van der Waals surface area contributed by atoms with Crippen molar-refractivity contribution in [1.29, 1.82) is 0 Å². The lowest BCUT2D eigenvalue weighted by Crippen LogP contribution is -2.20. The third-order valence-corrected chi connectivity index (χ3v) is 4.07. The van der Waals surface area contributed by atoms with Gasteiger partial charge in [0.15, 0.2) is 0 Å². The predicted molar refractivity (Wildman–Crippen MR) is 89.3 cm³/mol. The zero-order valence-corrected chi connectivity index (χ0v) is 12.8. The number of phenols is 1. The first-order chi connectivity index (χ1) is 11.2. The van der Waals surface area contributed by atoms with Crippen molar-refractivity contribution in [2.24, 2.45) is 0 Å². The van der Waals surface area contributed by atoms with Gasteiger partial charge < -0.3 is 10.4 Å². The Morgan fingerprint density at radius 3 is 2.65 bits per heavy atom. The van der Waals surface area contributed by atoms with Crippen molar-refractivity contribution in [1.82, 2.24) is 14.8 Å². The summed E-state index contributed by atoms with van der Waals surface area (Å²) in [6.45, 7) is 0. The molecule has 2 heterocycles. The quantitative estimate of drug-likeness (QED) is 0.754. The molecular weight excluding hydrogens is 312 g/mol. The molecule has 0 saturated heterocycles. The molecule has 1 unspecified atom stereocenters. The van der Waals surface area contributed by atoms with Gasteiger partial charge in [-0.3, -0.25) is 0 Å². The molecule has 1 atom stereocenters. The first-order valence-corrected chi connectivity index (χ1v) is 7.52. The molecule has 1 aliphatic heterocycles. The molecule has 5 nitrogen and oxygen atoms in total. The Morgan fingerprint density at radius 2 is 1.87 bits per heavy atom. The first-order valence-electron chi connectivity index (χ1n) is 7.14. The average Bonchev–Trinajstić information content (AvgIpc) is 3.04. The maximum Gasteiger partial charge on any atom is 0.226 e. The first kappa shape index (κ1) is 13.8. The normalized spacial score (nSPS) is 16.4. The zero-order chi connectivity index (χ0) is 15.8. The largest absolute Gasteiger partial charge is 0.507 e. The number of rotatable bonds is 2. The van der Waals surface area contributed by atoms with Gasteiger partial charge in [0, 0.05) is 10.6 Å². The van der Waals surface area contributed by atoms with Crippen LogP contribution in [0.3, 0.4) is 0 Å². The van der Waals surface area contributed by atoms with Crippen LogP contribution in [0.2, 0.25) is 5.02 Å². The highest BCUT2D eigenvalue weighted by Crippen LogP contribution is 2.34. The summed E-state index contributed by atoms with van der Waals surface area (Å²) in [4.78, 5) is 4.25. The highest BCUT2D eigenvalue weighted by Gasteiger charge is 2.24. The number of allylic oxidation sites excluding steroid dienone is 1. The van der Waals surface area contributed by atoms with Crippen molar-refractivity contribution >= 4 is 23.2 Å². The number of anilines is 1. The molecule has 0 amide bonds. The SMILES string of the molecule is Oc1ccccc1C1=CC(c2ccc(Cl)cc2)n2ncnc2N1. The number of phenolic OH excluding ortho intramolecular Hbond substituents is 1. The number of nitrogens with zero attached hydrogens (tertiary/aromatic N) is 3. The van der Waals surface area contributed by atoms with Crippen LogP contribution >= 0.6 is 11.6 Å². The minimum absolute atomic E-state index is 0.124. The van der Waals surface area contributed by atoms with E-state index in [0.29, 0.717) is 11.0 Å². The summed E-state index contributed by atoms with van der Waals surface area (Å²) in [5.41, 5.74) is 2.56. The summed E-state index contributed by atoms with van der Waals surface area (Å²) >= 11 is 5.98. The van der Waals surface area contributed by atoms with Gasteiger partial charge in [0.2, 0.25) is 5.95 Å². The fourth-order valence-electron chi connectivity index (χ4n) is 2.69. The van der Waals surface area contributed by atoms with Gasteiger partial charge in [-0.05, 0) is 35.9 Å². The second kappa shape index (κ2) is 5.44. The highest BCUT2D eigenvalue weighted by atomic mass is 35.5. The molecule has 2 N–H and O–H groups in total. The van der Waals surface area contributed by atoms with E-state index < -0.39 is 0 Å². The predicted octanol–water partition coefficient (Wildman–Crippen LogP) is 3.69. The van der Waals surface area contributed by atoms with Crippen LogP contribution < -0.4 is 5.32 Å². The van der Waals surface area contributed by atoms with Crippen molar-refractivity contribution in [3.8, 4) is 5.75 Å². The number of hydrogen-bond acceptors (Lipinski definition) is 4. The molecule has 0 radical (unpaired) electrons. The fourth-order valence-corrected chi connectivity index (χ4v) is 2.82. The third-order valence-electron chi connectivity index (χ3n) is 3.81. The lowest BCUT2D eigenvalue weighted by atomic mass is 10.0. The smallest absolute Gasteiger partial charge is 0.226 e. The Morgan fingerprint density at radius 1 is 1.09 bits per heavy atom. The van der Waals surface area contributed by atoms with Crippen molar-refractivity contribution < 1.29 is 5.11 Å². The highest BCUT2D eigenvalue weighted by molar-refractivity contribution is 6.30. The second-order valence-corrected chi connectivity index (χ2v) is 5.68. The van der Waals surface area contributed by atoms with Gasteiger partial charge in [-0.2, -0.15) is 10.1 Å². The fraction of sp³-hybridized carbons (Fsp3) is 0.0588. The summed E-state index contributed by atoms with van der Waals surface area (Å²) in [5, 5.41) is 18.3. The summed E-state index contributed by atoms with van der Waals surface area (Å²) in [6, 6.07) is 14.7. The monoisotopic (exact) mass is 324 g/mol. The van der Waals surface area contributed by atoms with Gasteiger partial charge in [-0.1, -0.05) is 35.9 Å². The van der Waals surface area contributed by atoms with E-state index in [1.807, 2.05) is 42.5 Å². The van der Waals surface area contributed by atoms with E-state index in [1.54, 1.807) is 16.8 Å². The van der Waals surface area contributed by atoms with Crippen molar-refractivity contribution in [2.75, 3.05) is 5.32 Å². The van der Waals surface area contributed by atoms with Crippen LogP contribution in [-0.2, 0) is 0 Å². The molecule has 0 aliphatic carbocycles. The van der Waals surface area contributed by atoms with E-state index in [4.69, 9.17) is 11.6 Å². The molecular formula is C17H13ClN4O. The number of hydrogen-bond donors (Lipinski definition) is 2. The van der Waals surface area contributed by atoms with Crippen molar-refractivity contribution in [2.45, 2.75) is 6.04 Å². The van der Waals surface area contributed by atoms with Crippen LogP contribution in [0.25, 0.3) is 5.70 Å². The minimum Gasteiger partial charge on any atom is -0.507 e. The molecule has 4 rings (SSSR count). The number of benzene rings is 2. The van der Waals surface area contributed by atoms with Crippen LogP contribution in [0.1, 0.15) is 17.2 Å². The van der Waals surface area contributed by atoms with Crippen LogP contribution in [0.5, 0.6) is 5.75 Å². The van der Waals surface area contributed by atoms with Crippen molar-refractivity contribution in [3.63, 3.8) is 0 Å². The summed E-state index contributed by atoms with van der Waals surface area (Å²) in [5.74, 6) is 0.847. The maximum absolute atomic E-state index is 10.1. The molecule has 2 aromatic carbocycles. The summed E-state index contributed by atoms with van der Waals surface area (Å²) in [7, 11) is 0. The Bertz CT molecular complexity index is 886. The number of para-hydroxylation sites is 1. The number of aromatic nitrogens is 3. The van der Waals surface area contributed by atoms with Crippen molar-refractivity contribution in [3.05, 3.63) is 77.1 Å². The average molecular weight is 325 g/mol. The zero-order valence-electron chi connectivity index (χ0n) is 12.0. The third kappa shape index (κ3) is 2.45. The minimum atomic E-state index is -0.124. The van der Waals surface area contributed by atoms with Gasteiger partial charge in [0.25, 0.3) is 0 Å². The molecule has 3 aromatic rings. The molecule has 0 saturated carbocycles. The van der Waals surface area contributed by atoms with E-state index in [0.717, 1.165) is 16.8 Å². The number of halogens is 1. The van der Waals surface area contributed by atoms with Crippen LogP contribution in [-0.4, -0.2) is 19.9 Å². The number of nitrogens with one attached hydrogen (secondary N) is 1. The molecule has 114 valence electrons. The lowest BCUT2D eigenvalue weighted by molar-refractivity contribution is 0.473. The molecule has 23 heavy (non-hydrogen) atoms. The molecule has 1 aromatic heterocycles. The number of aromatic hydroxyl groups is 1. The summed E-state index contributed by atoms with van der Waals surface area (Å²) < 4.78 is 1.80. The Balaban J connectivity index is 1.83. The van der Waals surface area contributed by atoms with Gasteiger partial charge in [0.1, 0.15) is 18.1 Å². The topological polar surface area (TPSA) is 63.0 Å². The van der Waals surface area contributed by atoms with Gasteiger partial charge in [0.05, 0.1) is 5.70 Å². The van der Waals surface area contributed by atoms with E-state index in [2.05, 4.69) is 15.4 Å². The van der Waals surface area contributed by atoms with E-state index in [-0.39, 0.29) is 11.8 Å². The van der Waals surface area contributed by atoms with Gasteiger partial charge in [-0.25, -0.2) is 4.68 Å². The van der Waals surface area contributed by atoms with E-state index >= 15 is 0 Å². The summed E-state index contributed by atoms with van der Waals surface area (Å²) in [6.07, 6.45) is 3.52. The Labute approximate surface area is 137 Å². The Hall–Kier alpha value is -2.79. The van der Waals surface area contributed by atoms with Crippen LogP contribution in [0.4, 0.5) is 5.95 Å². The Kier molecular flexibility index (Phi) is 3.28. The molecule has 0 spiro atoms. The van der Waals surface area contributed by atoms with Crippen LogP contribution in [0, 0.1) is 0 Å². The number of fused-ring (bicyclic) bond motifs is 1. The molecule has 1 aliphatic rings. The van der Waals surface area contributed by atoms with Gasteiger partial charge in [-0.15, -0.1) is 0 Å². The van der Waals surface area contributed by atoms with Gasteiger partial charge >= 0.3 is 0 Å². The second-order valence-electron chi connectivity index (χ2n) is 5.25. The standard InChI is InChI=1S/C17H13ClN4O/c18-12-7-5-11(6-8-12)15-9-14(13-3-1-2-4-16(13)23)21-17-19-10-20-22(15)17/h1-10,15,23H,(H,19,20,21). The molecule has 0 bridgehead atoms. The lowest BCUT2D eigenvalue weighted by Gasteiger charge is -2.24.